The van der Waals surface area contributed by atoms with E-state index in [-0.39, 0.29) is 0 Å². The number of aryl methyl sites for hydroxylation is 16. The van der Waals surface area contributed by atoms with Crippen LogP contribution in [0.3, 0.4) is 0 Å². The Hall–Kier alpha value is -15.8. The molecular formula is C116H114N14O4+6. The fourth-order valence-corrected chi connectivity index (χ4v) is 19.9. The highest BCUT2D eigenvalue weighted by Gasteiger charge is 2.34. The number of aromatic nitrogens is 14. The summed E-state index contributed by atoms with van der Waals surface area (Å²) in [6, 6.07) is 93.3. The van der Waals surface area contributed by atoms with Crippen LogP contribution in [0.15, 0.2) is 334 Å². The van der Waals surface area contributed by atoms with Crippen molar-refractivity contribution >= 4 is 121 Å². The smallest absolute Gasteiger partial charge is 0.295 e. The Morgan fingerprint density at radius 3 is 1.09 bits per heavy atom. The summed E-state index contributed by atoms with van der Waals surface area (Å²) in [4.78, 5) is 8.73. The molecule has 24 aromatic rings. The van der Waals surface area contributed by atoms with E-state index in [4.69, 9.17) is 17.7 Å². The van der Waals surface area contributed by atoms with Gasteiger partial charge in [0.05, 0.1) is 75.2 Å². The number of para-hydroxylation sites is 10. The molecular weight excluding hydrogens is 1650 g/mol. The number of furan rings is 4. The minimum Gasteiger partial charge on any atom is -0.455 e. The topological polar surface area (TPSA) is 131 Å². The molecule has 666 valence electrons. The average molecular weight is 1770 g/mol. The average Bonchev–Trinajstić information content (AvgIpc) is 1.66. The van der Waals surface area contributed by atoms with Crippen LogP contribution in [-0.2, 0) is 70.5 Å². The maximum Gasteiger partial charge on any atom is 0.295 e. The number of benzene rings is 12. The highest BCUT2D eigenvalue weighted by atomic mass is 16.3. The zero-order valence-corrected chi connectivity index (χ0v) is 80.1. The van der Waals surface area contributed by atoms with Gasteiger partial charge in [0.15, 0.2) is 68.7 Å². The highest BCUT2D eigenvalue weighted by Crippen LogP contribution is 2.44. The molecule has 12 heterocycles. The molecule has 134 heavy (non-hydrogen) atoms. The molecule has 0 N–H and O–H groups in total. The number of hydrogen-bond donors (Lipinski definition) is 0. The maximum absolute atomic E-state index is 6.30. The van der Waals surface area contributed by atoms with E-state index in [2.05, 4.69) is 453 Å². The molecule has 0 radical (unpaired) electrons. The molecule has 0 atom stereocenters. The van der Waals surface area contributed by atoms with Gasteiger partial charge in [0.1, 0.15) is 69.6 Å². The first kappa shape index (κ1) is 87.5. The van der Waals surface area contributed by atoms with Gasteiger partial charge in [-0.15, -0.1) is 9.36 Å². The van der Waals surface area contributed by atoms with Crippen molar-refractivity contribution in [1.29, 1.82) is 0 Å². The molecule has 0 unspecified atom stereocenters. The Morgan fingerprint density at radius 2 is 0.672 bits per heavy atom. The predicted molar refractivity (Wildman–Crippen MR) is 541 cm³/mol. The molecule has 0 bridgehead atoms. The summed E-state index contributed by atoms with van der Waals surface area (Å²) in [5, 5.41) is 9.01. The van der Waals surface area contributed by atoms with Crippen molar-refractivity contribution < 1.29 is 45.2 Å². The largest absolute Gasteiger partial charge is 0.455 e. The lowest BCUT2D eigenvalue weighted by atomic mass is 9.92. The van der Waals surface area contributed by atoms with Crippen molar-refractivity contribution in [3.8, 4) is 68.3 Å². The third-order valence-electron chi connectivity index (χ3n) is 26.7. The van der Waals surface area contributed by atoms with Crippen LogP contribution in [0, 0.1) is 41.5 Å². The van der Waals surface area contributed by atoms with E-state index in [0.29, 0.717) is 23.3 Å². The Labute approximate surface area is 779 Å². The Kier molecular flexibility index (Phi) is 23.4. The summed E-state index contributed by atoms with van der Waals surface area (Å²) < 4.78 is 51.2. The lowest BCUT2D eigenvalue weighted by molar-refractivity contribution is -0.744. The van der Waals surface area contributed by atoms with Gasteiger partial charge in [0.25, 0.3) is 29.1 Å². The maximum atomic E-state index is 6.30. The number of pyridine rings is 2. The van der Waals surface area contributed by atoms with Gasteiger partial charge in [-0.1, -0.05) is 204 Å². The second-order valence-corrected chi connectivity index (χ2v) is 36.0. The molecule has 0 spiro atoms. The number of hydrogen-bond acceptors (Lipinski definition) is 6. The monoisotopic (exact) mass is 1770 g/mol. The van der Waals surface area contributed by atoms with Crippen LogP contribution in [0.1, 0.15) is 84.0 Å². The van der Waals surface area contributed by atoms with Crippen LogP contribution >= 0.6 is 0 Å². The van der Waals surface area contributed by atoms with Crippen molar-refractivity contribution in [1.82, 2.24) is 37.5 Å². The quantitative estimate of drug-likeness (QED) is 0.132. The van der Waals surface area contributed by atoms with Crippen LogP contribution in [0.4, 0.5) is 0 Å². The van der Waals surface area contributed by atoms with Crippen LogP contribution in [0.5, 0.6) is 0 Å². The first-order valence-electron chi connectivity index (χ1n) is 45.9. The van der Waals surface area contributed by atoms with Crippen molar-refractivity contribution in [2.75, 3.05) is 0 Å². The lowest BCUT2D eigenvalue weighted by Gasteiger charge is -2.18. The third-order valence-corrected chi connectivity index (χ3v) is 26.7. The molecule has 18 nitrogen and oxygen atoms in total. The Balaban J connectivity index is 0.000000105. The van der Waals surface area contributed by atoms with E-state index in [1.165, 1.54) is 127 Å². The fourth-order valence-electron chi connectivity index (χ4n) is 19.9. The van der Waals surface area contributed by atoms with E-state index in [1.54, 1.807) is 12.4 Å². The molecule has 0 fully saturated rings. The molecule has 0 amide bonds. The molecule has 0 saturated heterocycles. The van der Waals surface area contributed by atoms with Gasteiger partial charge in [-0.3, -0.25) is 0 Å². The highest BCUT2D eigenvalue weighted by molar-refractivity contribution is 6.12. The van der Waals surface area contributed by atoms with E-state index in [1.807, 2.05) is 55.7 Å². The van der Waals surface area contributed by atoms with Gasteiger partial charge >= 0.3 is 0 Å². The van der Waals surface area contributed by atoms with Crippen molar-refractivity contribution in [2.45, 2.75) is 81.1 Å². The van der Waals surface area contributed by atoms with E-state index in [9.17, 15) is 0 Å². The number of fused-ring (bicyclic) bond motifs is 15. The lowest BCUT2D eigenvalue weighted by Crippen LogP contribution is -2.36. The Bertz CT molecular complexity index is 8130. The van der Waals surface area contributed by atoms with Crippen LogP contribution < -0.4 is 27.5 Å². The predicted octanol–water partition coefficient (Wildman–Crippen LogP) is 24.3. The number of rotatable bonds is 9. The van der Waals surface area contributed by atoms with E-state index in [0.717, 1.165) is 95.0 Å². The first-order valence-corrected chi connectivity index (χ1v) is 45.9. The Morgan fingerprint density at radius 1 is 0.299 bits per heavy atom. The zero-order valence-electron chi connectivity index (χ0n) is 80.1. The van der Waals surface area contributed by atoms with Crippen molar-refractivity contribution in [2.24, 2.45) is 70.5 Å². The first-order chi connectivity index (χ1) is 64.9. The minimum absolute atomic E-state index is 0.444. The molecule has 12 aromatic heterocycles. The summed E-state index contributed by atoms with van der Waals surface area (Å²) in [6.07, 6.45) is 15.9. The zero-order chi connectivity index (χ0) is 93.3. The van der Waals surface area contributed by atoms with Crippen LogP contribution in [0.2, 0.25) is 0 Å². The number of imidazole rings is 5. The van der Waals surface area contributed by atoms with Gasteiger partial charge in [0.2, 0.25) is 11.4 Å². The SMILES string of the molecule is Cc1ccc2c(oc3ccccc32)c1-c1n(C)c2ccccc2[n+]1C.Cc1ccc2c(oc3ccccc32)c1-c1n(C)cc[n+]1C.Cc1ccc2c(oc3ncccc32)c1-c1n(C)c2ccccc2[n+]1C.Cc1ccc2c(oc3ncccc32)c1-c1n(C)cc[n+]1C.Cc1ccccc1-c1n(-c2c(C(C)C)cccc2C(C)C)c2ccccc2[n+]1C.Cc1ccccc1-n1ccc[n+]1C. The molecule has 18 heteroatoms. The molecule has 12 aromatic carbocycles. The minimum atomic E-state index is 0.444. The van der Waals surface area contributed by atoms with Crippen LogP contribution in [0.25, 0.3) is 189 Å². The standard InChI is InChI=1S/C27H31N2.C22H19N2O.C21H18N3O.C18H17N2O.C17H16N3O.C11H13N2/c1-18(2)21-14-11-15-22(19(3)4)26(21)29-25-17-10-9-16-24(25)28(6)27(29)23-13-8-7-12-20(23)5;1-14-12-13-16-15-8-4-7-11-19(15)25-21(16)20(14)22-23(2)17-9-5-6-10-18(17)24(22)3;1-13-10-11-14-15-7-6-12-22-20(15)25-19(14)18(13)21-23(2)16-8-4-5-9-17(16)24(21)3;1-12-8-9-14-13-6-4-5-7-15(13)21-17(14)16(12)18-19(2)10-11-20(18)3;1-11-6-7-12-13-5-4-8-18-16(13)21-15(12)14(11)17-19(2)9-10-20(17)3;1-10-6-3-4-7-11(10)13-9-5-8-12(13)2/h7-19H,1-6H3;4-13H,1-3H3;4-12H,1-3H3;4-11H,1-3H3;4-10H,1-3H3;3-9H,1-2H3/q6*+1. The second-order valence-electron chi connectivity index (χ2n) is 36.0. The fraction of sp³-hybridized carbons (Fsp3) is 0.190. The molecule has 0 aliphatic rings. The van der Waals surface area contributed by atoms with Gasteiger partial charge in [-0.2, -0.15) is 4.57 Å². The van der Waals surface area contributed by atoms with Crippen molar-refractivity contribution in [3.63, 3.8) is 0 Å². The van der Waals surface area contributed by atoms with Crippen LogP contribution in [-0.4, -0.2) is 37.5 Å². The second kappa shape index (κ2) is 35.8. The summed E-state index contributed by atoms with van der Waals surface area (Å²) in [7, 11) is 20.9. The molecule has 0 aliphatic carbocycles. The van der Waals surface area contributed by atoms with Crippen molar-refractivity contribution in [3.05, 3.63) is 361 Å². The molecule has 0 saturated carbocycles. The number of nitrogens with zero attached hydrogens (tertiary/aromatic N) is 14. The van der Waals surface area contributed by atoms with Gasteiger partial charge in [-0.25, -0.2) is 51.1 Å². The molecule has 24 rings (SSSR count). The summed E-state index contributed by atoms with van der Waals surface area (Å²) in [5.41, 5.74) is 32.9. The normalized spacial score (nSPS) is 11.6. The molecule has 0 aliphatic heterocycles. The summed E-state index contributed by atoms with van der Waals surface area (Å²) in [6.45, 7) is 22.0. The van der Waals surface area contributed by atoms with Gasteiger partial charge in [-0.05, 0) is 172 Å². The summed E-state index contributed by atoms with van der Waals surface area (Å²) in [5.74, 6) is 6.68. The van der Waals surface area contributed by atoms with Gasteiger partial charge in [0, 0.05) is 72.7 Å². The van der Waals surface area contributed by atoms with E-state index >= 15 is 0 Å². The third kappa shape index (κ3) is 15.3. The van der Waals surface area contributed by atoms with E-state index < -0.39 is 0 Å². The summed E-state index contributed by atoms with van der Waals surface area (Å²) >= 11 is 0. The van der Waals surface area contributed by atoms with Gasteiger partial charge < -0.3 is 17.7 Å².